The van der Waals surface area contributed by atoms with Crippen molar-refractivity contribution < 1.29 is 27.1 Å². The average molecular weight is 481 g/mol. The Morgan fingerprint density at radius 1 is 1.00 bits per heavy atom. The highest BCUT2D eigenvalue weighted by atomic mass is 19.4. The molecule has 182 valence electrons. The molecule has 0 amide bonds. The van der Waals surface area contributed by atoms with Crippen molar-refractivity contribution in [1.82, 2.24) is 14.8 Å². The summed E-state index contributed by atoms with van der Waals surface area (Å²) in [6.07, 6.45) is -1.86. The summed E-state index contributed by atoms with van der Waals surface area (Å²) < 4.78 is 69.0. The van der Waals surface area contributed by atoms with Crippen LogP contribution < -0.4 is 10.2 Å². The fourth-order valence-corrected chi connectivity index (χ4v) is 4.06. The van der Waals surface area contributed by atoms with E-state index in [9.17, 15) is 27.1 Å². The van der Waals surface area contributed by atoms with E-state index in [1.807, 2.05) is 4.90 Å². The number of nitrogens with zero attached hydrogens (tertiary/aromatic N) is 4. The van der Waals surface area contributed by atoms with Gasteiger partial charge in [0, 0.05) is 36.4 Å². The SMILES string of the molecule is CC(C)(O)[C@H]1CCCN(c2cc(Nc3ncn(-c4cc(F)cc(F)c4)n3)cc(C(F)(F)F)c2)C1. The molecule has 0 saturated carbocycles. The molecule has 11 heteroatoms. The number of hydrogen-bond acceptors (Lipinski definition) is 5. The van der Waals surface area contributed by atoms with Crippen molar-refractivity contribution in [3.05, 3.63) is 59.9 Å². The van der Waals surface area contributed by atoms with Gasteiger partial charge >= 0.3 is 6.18 Å². The van der Waals surface area contributed by atoms with Crippen LogP contribution in [0.1, 0.15) is 32.3 Å². The molecule has 1 aromatic heterocycles. The zero-order chi connectivity index (χ0) is 24.7. The summed E-state index contributed by atoms with van der Waals surface area (Å²) >= 11 is 0. The number of benzene rings is 2. The fourth-order valence-electron chi connectivity index (χ4n) is 4.06. The summed E-state index contributed by atoms with van der Waals surface area (Å²) in [5, 5.41) is 17.2. The molecule has 0 bridgehead atoms. The van der Waals surface area contributed by atoms with Crippen molar-refractivity contribution >= 4 is 17.3 Å². The third-order valence-corrected chi connectivity index (χ3v) is 5.89. The van der Waals surface area contributed by atoms with Gasteiger partial charge in [-0.05, 0) is 57.0 Å². The van der Waals surface area contributed by atoms with Crippen molar-refractivity contribution in [1.29, 1.82) is 0 Å². The lowest BCUT2D eigenvalue weighted by Crippen LogP contribution is -2.44. The number of hydrogen-bond donors (Lipinski definition) is 2. The van der Waals surface area contributed by atoms with Crippen LogP contribution in [-0.4, -0.2) is 38.6 Å². The Morgan fingerprint density at radius 3 is 2.35 bits per heavy atom. The number of aliphatic hydroxyl groups is 1. The maximum Gasteiger partial charge on any atom is 0.416 e. The summed E-state index contributed by atoms with van der Waals surface area (Å²) in [5.41, 5.74) is -1.25. The van der Waals surface area contributed by atoms with Gasteiger partial charge in [-0.2, -0.15) is 18.2 Å². The molecule has 1 saturated heterocycles. The van der Waals surface area contributed by atoms with E-state index in [0.29, 0.717) is 24.8 Å². The normalized spacial score (nSPS) is 17.2. The lowest BCUT2D eigenvalue weighted by molar-refractivity contribution is -0.137. The fraction of sp³-hybridized carbons (Fsp3) is 0.391. The minimum atomic E-state index is -4.58. The van der Waals surface area contributed by atoms with Gasteiger partial charge in [-0.3, -0.25) is 0 Å². The lowest BCUT2D eigenvalue weighted by Gasteiger charge is -2.40. The van der Waals surface area contributed by atoms with E-state index in [2.05, 4.69) is 15.4 Å². The molecule has 1 aliphatic rings. The molecule has 4 rings (SSSR count). The monoisotopic (exact) mass is 481 g/mol. The summed E-state index contributed by atoms with van der Waals surface area (Å²) in [6, 6.07) is 6.42. The minimum Gasteiger partial charge on any atom is -0.390 e. The van der Waals surface area contributed by atoms with Gasteiger partial charge in [-0.15, -0.1) is 5.10 Å². The van der Waals surface area contributed by atoms with E-state index in [0.717, 1.165) is 41.8 Å². The zero-order valence-corrected chi connectivity index (χ0v) is 18.6. The van der Waals surface area contributed by atoms with Crippen LogP contribution >= 0.6 is 0 Å². The number of alkyl halides is 3. The molecule has 2 N–H and O–H groups in total. The Hall–Kier alpha value is -3.21. The van der Waals surface area contributed by atoms with Gasteiger partial charge in [0.2, 0.25) is 5.95 Å². The smallest absolute Gasteiger partial charge is 0.390 e. The maximum atomic E-state index is 13.6. The van der Waals surface area contributed by atoms with Crippen LogP contribution in [0.25, 0.3) is 5.69 Å². The predicted octanol–water partition coefficient (Wildman–Crippen LogP) is 5.30. The maximum absolute atomic E-state index is 13.6. The van der Waals surface area contributed by atoms with Crippen molar-refractivity contribution in [2.24, 2.45) is 5.92 Å². The second kappa shape index (κ2) is 8.86. The second-order valence-corrected chi connectivity index (χ2v) is 8.97. The zero-order valence-electron chi connectivity index (χ0n) is 18.6. The highest BCUT2D eigenvalue weighted by molar-refractivity contribution is 5.64. The summed E-state index contributed by atoms with van der Waals surface area (Å²) in [7, 11) is 0. The van der Waals surface area contributed by atoms with Gasteiger partial charge in [-0.25, -0.2) is 13.5 Å². The highest BCUT2D eigenvalue weighted by Crippen LogP contribution is 2.37. The summed E-state index contributed by atoms with van der Waals surface area (Å²) in [4.78, 5) is 5.82. The number of halogens is 5. The molecule has 1 aliphatic heterocycles. The number of piperidine rings is 1. The first-order valence-corrected chi connectivity index (χ1v) is 10.7. The molecule has 6 nitrogen and oxygen atoms in total. The lowest BCUT2D eigenvalue weighted by atomic mass is 9.84. The molecule has 2 heterocycles. The molecule has 1 atom stereocenters. The molecule has 1 fully saturated rings. The quantitative estimate of drug-likeness (QED) is 0.485. The Balaban J connectivity index is 1.63. The van der Waals surface area contributed by atoms with E-state index in [-0.39, 0.29) is 23.2 Å². The molecule has 2 aromatic carbocycles. The van der Waals surface area contributed by atoms with Gasteiger partial charge in [0.05, 0.1) is 16.9 Å². The Bertz CT molecular complexity index is 1150. The minimum absolute atomic E-state index is 0.0389. The molecule has 0 aliphatic carbocycles. The summed E-state index contributed by atoms with van der Waals surface area (Å²) in [6.45, 7) is 4.38. The standard InChI is InChI=1S/C23H24F5N5O/c1-22(2,34)14-4-3-5-32(12-14)19-7-15(23(26,27)28)6-18(11-19)30-21-29-13-33(31-21)20-9-16(24)8-17(25)10-20/h6-11,13-14,34H,3-5,12H2,1-2H3,(H,30,31)/t14-/m0/s1. The first-order chi connectivity index (χ1) is 15.9. The highest BCUT2D eigenvalue weighted by Gasteiger charge is 2.34. The van der Waals surface area contributed by atoms with Crippen LogP contribution in [0.4, 0.5) is 39.3 Å². The first kappa shape index (κ1) is 23.9. The van der Waals surface area contributed by atoms with Gasteiger partial charge in [0.25, 0.3) is 0 Å². The van der Waals surface area contributed by atoms with Crippen LogP contribution in [0.5, 0.6) is 0 Å². The van der Waals surface area contributed by atoms with Crippen LogP contribution in [0.3, 0.4) is 0 Å². The third kappa shape index (κ3) is 5.46. The van der Waals surface area contributed by atoms with Crippen LogP contribution in [0.15, 0.2) is 42.7 Å². The molecule has 0 radical (unpaired) electrons. The van der Waals surface area contributed by atoms with E-state index < -0.39 is 29.0 Å². The van der Waals surface area contributed by atoms with Crippen molar-refractivity contribution in [2.75, 3.05) is 23.3 Å². The third-order valence-electron chi connectivity index (χ3n) is 5.89. The molecule has 3 aromatic rings. The first-order valence-electron chi connectivity index (χ1n) is 10.7. The number of anilines is 3. The topological polar surface area (TPSA) is 66.2 Å². The molecule has 0 spiro atoms. The summed E-state index contributed by atoms with van der Waals surface area (Å²) in [5.74, 6) is -1.72. The number of rotatable bonds is 5. The molecular formula is C23H24F5N5O. The van der Waals surface area contributed by atoms with E-state index in [4.69, 9.17) is 0 Å². The van der Waals surface area contributed by atoms with Crippen LogP contribution in [0.2, 0.25) is 0 Å². The van der Waals surface area contributed by atoms with Gasteiger partial charge in [0.1, 0.15) is 18.0 Å². The second-order valence-electron chi connectivity index (χ2n) is 8.97. The number of aromatic nitrogens is 3. The Morgan fingerprint density at radius 2 is 1.71 bits per heavy atom. The van der Waals surface area contributed by atoms with E-state index >= 15 is 0 Å². The predicted molar refractivity (Wildman–Crippen MR) is 117 cm³/mol. The van der Waals surface area contributed by atoms with Crippen LogP contribution in [-0.2, 0) is 6.18 Å². The van der Waals surface area contributed by atoms with Crippen LogP contribution in [0, 0.1) is 17.6 Å². The van der Waals surface area contributed by atoms with Gasteiger partial charge in [-0.1, -0.05) is 0 Å². The Labute approximate surface area is 193 Å². The molecule has 0 unspecified atom stereocenters. The van der Waals surface area contributed by atoms with Crippen molar-refractivity contribution in [3.8, 4) is 5.69 Å². The number of nitrogens with one attached hydrogen (secondary N) is 1. The Kier molecular flexibility index (Phi) is 6.24. The van der Waals surface area contributed by atoms with Gasteiger partial charge in [0.15, 0.2) is 0 Å². The molecule has 34 heavy (non-hydrogen) atoms. The average Bonchev–Trinajstić information content (AvgIpc) is 3.20. The largest absolute Gasteiger partial charge is 0.416 e. The van der Waals surface area contributed by atoms with E-state index in [1.165, 1.54) is 6.33 Å². The van der Waals surface area contributed by atoms with Crippen molar-refractivity contribution in [2.45, 2.75) is 38.5 Å². The molecular weight excluding hydrogens is 457 g/mol. The van der Waals surface area contributed by atoms with E-state index in [1.54, 1.807) is 19.9 Å². The van der Waals surface area contributed by atoms with Gasteiger partial charge < -0.3 is 15.3 Å². The van der Waals surface area contributed by atoms with Crippen molar-refractivity contribution in [3.63, 3.8) is 0 Å².